The van der Waals surface area contributed by atoms with Crippen molar-refractivity contribution in [2.45, 2.75) is 12.8 Å². The molecule has 1 aromatic carbocycles. The van der Waals surface area contributed by atoms with Crippen LogP contribution in [0.1, 0.15) is 18.4 Å². The van der Waals surface area contributed by atoms with Crippen molar-refractivity contribution in [2.75, 3.05) is 40.3 Å². The molecule has 0 heterocycles. The van der Waals surface area contributed by atoms with Gasteiger partial charge >= 0.3 is 0 Å². The molecule has 0 saturated heterocycles. The second-order valence-electron chi connectivity index (χ2n) is 5.44. The Kier molecular flexibility index (Phi) is 10.2. The molecule has 0 atom stereocenters. The fraction of sp³-hybridized carbons (Fsp3) is 0.471. The summed E-state index contributed by atoms with van der Waals surface area (Å²) in [6, 6.07) is 3.81. The molecule has 0 unspecified atom stereocenters. The van der Waals surface area contributed by atoms with Crippen LogP contribution >= 0.6 is 31.9 Å². The molecule has 1 rings (SSSR count). The van der Waals surface area contributed by atoms with Gasteiger partial charge in [0.05, 0.1) is 16.1 Å². The number of ether oxygens (including phenoxy) is 1. The van der Waals surface area contributed by atoms with Gasteiger partial charge in [-0.25, -0.2) is 0 Å². The minimum atomic E-state index is -0.0947. The summed E-state index contributed by atoms with van der Waals surface area (Å²) < 4.78 is 6.92. The highest BCUT2D eigenvalue weighted by Gasteiger charge is 2.06. The Morgan fingerprint density at radius 3 is 2.50 bits per heavy atom. The summed E-state index contributed by atoms with van der Waals surface area (Å²) >= 11 is 6.89. The van der Waals surface area contributed by atoms with Crippen LogP contribution in [-0.4, -0.2) is 51.1 Å². The summed E-state index contributed by atoms with van der Waals surface area (Å²) in [5.74, 6) is 0.637. The van der Waals surface area contributed by atoms with E-state index in [4.69, 9.17) is 10.5 Å². The Balaban J connectivity index is 2.38. The largest absolute Gasteiger partial charge is 0.494 e. The lowest BCUT2D eigenvalue weighted by atomic mass is 10.2. The van der Waals surface area contributed by atoms with E-state index in [1.54, 1.807) is 19.3 Å². The van der Waals surface area contributed by atoms with Crippen LogP contribution in [0, 0.1) is 0 Å². The third-order valence-corrected chi connectivity index (χ3v) is 4.59. The lowest BCUT2D eigenvalue weighted by Crippen LogP contribution is -2.28. The van der Waals surface area contributed by atoms with Gasteiger partial charge in [0.15, 0.2) is 0 Å². The standard InChI is InChI=1S/C17H25Br2N3O2/c1-22(9-3-7-20)10-4-8-21-16(23)6-5-13-11-14(18)17(24-2)15(19)12-13/h5-6,11-12H,3-4,7-10,20H2,1-2H3,(H,21,23)/b6-5+. The number of carbonyl (C=O) groups is 1. The summed E-state index contributed by atoms with van der Waals surface area (Å²) in [4.78, 5) is 14.1. The van der Waals surface area contributed by atoms with Crippen LogP contribution < -0.4 is 15.8 Å². The molecule has 1 aromatic rings. The molecule has 0 aliphatic heterocycles. The quantitative estimate of drug-likeness (QED) is 0.414. The minimum Gasteiger partial charge on any atom is -0.494 e. The van der Waals surface area contributed by atoms with Gasteiger partial charge in [0.1, 0.15) is 5.75 Å². The molecular weight excluding hydrogens is 438 g/mol. The lowest BCUT2D eigenvalue weighted by Gasteiger charge is -2.15. The summed E-state index contributed by atoms with van der Waals surface area (Å²) in [6.07, 6.45) is 5.23. The van der Waals surface area contributed by atoms with E-state index in [0.29, 0.717) is 13.1 Å². The van der Waals surface area contributed by atoms with E-state index in [-0.39, 0.29) is 5.91 Å². The maximum atomic E-state index is 11.8. The Bertz CT molecular complexity index is 542. The Morgan fingerprint density at radius 1 is 1.29 bits per heavy atom. The molecule has 0 aromatic heterocycles. The van der Waals surface area contributed by atoms with Gasteiger partial charge in [-0.2, -0.15) is 0 Å². The van der Waals surface area contributed by atoms with Crippen molar-refractivity contribution in [2.24, 2.45) is 5.73 Å². The second kappa shape index (κ2) is 11.6. The first kappa shape index (κ1) is 21.2. The SMILES string of the molecule is COc1c(Br)cc(/C=C/C(=O)NCCCN(C)CCCN)cc1Br. The van der Waals surface area contributed by atoms with Crippen LogP contribution in [0.3, 0.4) is 0 Å². The van der Waals surface area contributed by atoms with Crippen LogP contribution in [0.25, 0.3) is 6.08 Å². The fourth-order valence-corrected chi connectivity index (χ4v) is 3.68. The normalized spacial score (nSPS) is 11.2. The van der Waals surface area contributed by atoms with Crippen molar-refractivity contribution in [3.05, 3.63) is 32.7 Å². The Morgan fingerprint density at radius 2 is 1.92 bits per heavy atom. The van der Waals surface area contributed by atoms with Crippen molar-refractivity contribution in [3.8, 4) is 5.75 Å². The summed E-state index contributed by atoms with van der Waals surface area (Å²) in [7, 11) is 3.68. The van der Waals surface area contributed by atoms with E-state index < -0.39 is 0 Å². The third-order valence-electron chi connectivity index (χ3n) is 3.41. The molecule has 3 N–H and O–H groups in total. The van der Waals surface area contributed by atoms with Crippen molar-refractivity contribution < 1.29 is 9.53 Å². The predicted molar refractivity (Wildman–Crippen MR) is 106 cm³/mol. The number of benzene rings is 1. The number of nitrogens with one attached hydrogen (secondary N) is 1. The zero-order valence-electron chi connectivity index (χ0n) is 14.1. The number of carbonyl (C=O) groups excluding carboxylic acids is 1. The van der Waals surface area contributed by atoms with Gasteiger partial charge in [-0.05, 0) is 95.2 Å². The summed E-state index contributed by atoms with van der Waals surface area (Å²) in [5.41, 5.74) is 6.39. The highest BCUT2D eigenvalue weighted by atomic mass is 79.9. The highest BCUT2D eigenvalue weighted by Crippen LogP contribution is 2.34. The molecule has 1 amide bonds. The van der Waals surface area contributed by atoms with Crippen LogP contribution in [0.15, 0.2) is 27.2 Å². The smallest absolute Gasteiger partial charge is 0.243 e. The van der Waals surface area contributed by atoms with Crippen LogP contribution in [0.4, 0.5) is 0 Å². The topological polar surface area (TPSA) is 67.6 Å². The zero-order chi connectivity index (χ0) is 17.9. The zero-order valence-corrected chi connectivity index (χ0v) is 17.3. The van der Waals surface area contributed by atoms with Gasteiger partial charge in [0.25, 0.3) is 0 Å². The summed E-state index contributed by atoms with van der Waals surface area (Å²) in [5, 5.41) is 2.89. The maximum Gasteiger partial charge on any atom is 0.243 e. The number of nitrogens with zero attached hydrogens (tertiary/aromatic N) is 1. The first-order valence-electron chi connectivity index (χ1n) is 7.85. The van der Waals surface area contributed by atoms with E-state index >= 15 is 0 Å². The molecule has 0 bridgehead atoms. The average Bonchev–Trinajstić information content (AvgIpc) is 2.54. The van der Waals surface area contributed by atoms with Crippen LogP contribution in [0.2, 0.25) is 0 Å². The first-order chi connectivity index (χ1) is 11.5. The number of amides is 1. The molecule has 5 nitrogen and oxygen atoms in total. The van der Waals surface area contributed by atoms with Gasteiger partial charge in [-0.1, -0.05) is 0 Å². The van der Waals surface area contributed by atoms with Crippen molar-refractivity contribution in [1.29, 1.82) is 0 Å². The number of hydrogen-bond acceptors (Lipinski definition) is 4. The predicted octanol–water partition coefficient (Wildman–Crippen LogP) is 3.02. The van der Waals surface area contributed by atoms with E-state index in [2.05, 4.69) is 49.1 Å². The second-order valence-corrected chi connectivity index (χ2v) is 7.15. The van der Waals surface area contributed by atoms with Gasteiger partial charge in [-0.15, -0.1) is 0 Å². The fourth-order valence-electron chi connectivity index (χ4n) is 2.14. The van der Waals surface area contributed by atoms with Crippen LogP contribution in [0.5, 0.6) is 5.75 Å². The molecule has 24 heavy (non-hydrogen) atoms. The number of hydrogen-bond donors (Lipinski definition) is 2. The van der Waals surface area contributed by atoms with E-state index in [9.17, 15) is 4.79 Å². The molecule has 7 heteroatoms. The molecule has 0 radical (unpaired) electrons. The third kappa shape index (κ3) is 7.79. The Hall–Kier alpha value is -0.890. The van der Waals surface area contributed by atoms with Crippen molar-refractivity contribution in [1.82, 2.24) is 10.2 Å². The highest BCUT2D eigenvalue weighted by molar-refractivity contribution is 9.11. The Labute approximate surface area is 160 Å². The maximum absolute atomic E-state index is 11.8. The van der Waals surface area contributed by atoms with Crippen molar-refractivity contribution in [3.63, 3.8) is 0 Å². The molecular formula is C17H25Br2N3O2. The van der Waals surface area contributed by atoms with E-state index in [0.717, 1.165) is 46.2 Å². The molecule has 0 spiro atoms. The molecule has 0 fully saturated rings. The van der Waals surface area contributed by atoms with Gasteiger partial charge in [0.2, 0.25) is 5.91 Å². The molecule has 0 aliphatic rings. The van der Waals surface area contributed by atoms with Crippen molar-refractivity contribution >= 4 is 43.8 Å². The first-order valence-corrected chi connectivity index (χ1v) is 9.44. The number of nitrogens with two attached hydrogens (primary N) is 1. The molecule has 134 valence electrons. The number of halogens is 2. The van der Waals surface area contributed by atoms with Gasteiger partial charge in [-0.3, -0.25) is 4.79 Å². The minimum absolute atomic E-state index is 0.0947. The summed E-state index contributed by atoms with van der Waals surface area (Å²) in [6.45, 7) is 3.31. The molecule has 0 saturated carbocycles. The van der Waals surface area contributed by atoms with E-state index in [1.807, 2.05) is 12.1 Å². The number of methoxy groups -OCH3 is 1. The van der Waals surface area contributed by atoms with E-state index in [1.165, 1.54) is 0 Å². The van der Waals surface area contributed by atoms with Gasteiger partial charge < -0.3 is 20.7 Å². The average molecular weight is 463 g/mol. The lowest BCUT2D eigenvalue weighted by molar-refractivity contribution is -0.116. The monoisotopic (exact) mass is 461 g/mol. The van der Waals surface area contributed by atoms with Crippen LogP contribution in [-0.2, 0) is 4.79 Å². The molecule has 0 aliphatic carbocycles. The van der Waals surface area contributed by atoms with Gasteiger partial charge in [0, 0.05) is 12.6 Å². The number of rotatable bonds is 10.